The second-order valence-corrected chi connectivity index (χ2v) is 10.3. The van der Waals surface area contributed by atoms with Gasteiger partial charge in [-0.15, -0.1) is 0 Å². The highest BCUT2D eigenvalue weighted by Gasteiger charge is 2.27. The van der Waals surface area contributed by atoms with Crippen LogP contribution in [0.15, 0.2) is 53.4 Å². The van der Waals surface area contributed by atoms with Gasteiger partial charge in [0.1, 0.15) is 5.75 Å². The van der Waals surface area contributed by atoms with E-state index >= 15 is 0 Å². The summed E-state index contributed by atoms with van der Waals surface area (Å²) in [4.78, 5) is 26.9. The summed E-state index contributed by atoms with van der Waals surface area (Å²) in [6, 6.07) is 14.7. The zero-order chi connectivity index (χ0) is 24.6. The number of ether oxygens (including phenoxy) is 1. The molecule has 0 aliphatic carbocycles. The van der Waals surface area contributed by atoms with Gasteiger partial charge in [0.25, 0.3) is 0 Å². The summed E-state index contributed by atoms with van der Waals surface area (Å²) in [6.45, 7) is 5.29. The fourth-order valence-electron chi connectivity index (χ4n) is 3.91. The number of hydrogen-bond acceptors (Lipinski definition) is 5. The van der Waals surface area contributed by atoms with Crippen molar-refractivity contribution in [3.8, 4) is 5.75 Å². The van der Waals surface area contributed by atoms with Crippen molar-refractivity contribution in [1.29, 1.82) is 0 Å². The molecule has 2 N–H and O–H groups in total. The number of piperidine rings is 1. The van der Waals surface area contributed by atoms with Gasteiger partial charge < -0.3 is 15.0 Å². The molecular formula is C25H33N3O5S. The van der Waals surface area contributed by atoms with Crippen LogP contribution < -0.4 is 14.8 Å². The Bertz CT molecular complexity index is 1080. The van der Waals surface area contributed by atoms with Crippen LogP contribution >= 0.6 is 0 Å². The van der Waals surface area contributed by atoms with E-state index in [4.69, 9.17) is 4.74 Å². The molecule has 2 aromatic carbocycles. The summed E-state index contributed by atoms with van der Waals surface area (Å²) in [7, 11) is -3.63. The van der Waals surface area contributed by atoms with Crippen molar-refractivity contribution in [2.75, 3.05) is 32.8 Å². The molecular weight excluding hydrogens is 454 g/mol. The first-order chi connectivity index (χ1) is 16.3. The first-order valence-electron chi connectivity index (χ1n) is 11.6. The number of sulfonamides is 1. The fourth-order valence-corrected chi connectivity index (χ4v) is 5.27. The number of likely N-dealkylation sites (tertiary alicyclic amines) is 1. The maximum atomic E-state index is 12.5. The van der Waals surface area contributed by atoms with Crippen LogP contribution in [0.1, 0.15) is 30.4 Å². The Kier molecular flexibility index (Phi) is 9.06. The normalized spacial score (nSPS) is 14.6. The minimum absolute atomic E-state index is 0.0237. The molecule has 1 aliphatic heterocycles. The second kappa shape index (κ2) is 12.0. The van der Waals surface area contributed by atoms with Gasteiger partial charge in [-0.2, -0.15) is 0 Å². The molecule has 3 rings (SSSR count). The molecule has 1 saturated heterocycles. The summed E-state index contributed by atoms with van der Waals surface area (Å²) in [6.07, 6.45) is 1.48. The molecule has 1 fully saturated rings. The van der Waals surface area contributed by atoms with Gasteiger partial charge in [-0.25, -0.2) is 13.1 Å². The number of carbonyl (C=O) groups is 2. The first-order valence-corrected chi connectivity index (χ1v) is 13.0. The number of amides is 2. The van der Waals surface area contributed by atoms with Gasteiger partial charge in [-0.05, 0) is 56.0 Å². The van der Waals surface area contributed by atoms with E-state index in [1.807, 2.05) is 43.3 Å². The number of nitrogens with zero attached hydrogens (tertiary/aromatic N) is 1. The molecule has 2 aromatic rings. The van der Waals surface area contributed by atoms with E-state index < -0.39 is 10.0 Å². The predicted octanol–water partition coefficient (Wildman–Crippen LogP) is 2.41. The SMILES string of the molecule is Cc1ccc(C)c(S(=O)(=O)NCCNC(=O)C2CCN(C(=O)CCOc3ccccc3)CC2)c1. The summed E-state index contributed by atoms with van der Waals surface area (Å²) in [5, 5.41) is 2.81. The molecule has 0 radical (unpaired) electrons. The minimum atomic E-state index is -3.63. The van der Waals surface area contributed by atoms with Gasteiger partial charge >= 0.3 is 0 Å². The average molecular weight is 488 g/mol. The van der Waals surface area contributed by atoms with Crippen LogP contribution in [0.4, 0.5) is 0 Å². The first kappa shape index (κ1) is 25.7. The highest BCUT2D eigenvalue weighted by molar-refractivity contribution is 7.89. The Balaban J connectivity index is 1.34. The van der Waals surface area contributed by atoms with Crippen molar-refractivity contribution < 1.29 is 22.7 Å². The molecule has 0 atom stereocenters. The Morgan fingerprint density at radius 3 is 2.44 bits per heavy atom. The van der Waals surface area contributed by atoms with Gasteiger partial charge in [0.05, 0.1) is 17.9 Å². The largest absolute Gasteiger partial charge is 0.493 e. The van der Waals surface area contributed by atoms with Gasteiger partial charge in [-0.1, -0.05) is 30.3 Å². The van der Waals surface area contributed by atoms with E-state index in [1.54, 1.807) is 24.0 Å². The lowest BCUT2D eigenvalue weighted by atomic mass is 9.95. The molecule has 0 unspecified atom stereocenters. The van der Waals surface area contributed by atoms with Gasteiger partial charge in [0.15, 0.2) is 0 Å². The number of hydrogen-bond donors (Lipinski definition) is 2. The molecule has 0 bridgehead atoms. The maximum absolute atomic E-state index is 12.5. The molecule has 9 heteroatoms. The van der Waals surface area contributed by atoms with Crippen LogP contribution in [0.5, 0.6) is 5.75 Å². The highest BCUT2D eigenvalue weighted by Crippen LogP contribution is 2.19. The molecule has 0 aromatic heterocycles. The molecule has 184 valence electrons. The number of carbonyl (C=O) groups excluding carboxylic acids is 2. The molecule has 1 heterocycles. The van der Waals surface area contributed by atoms with Crippen molar-refractivity contribution in [2.24, 2.45) is 5.92 Å². The Morgan fingerprint density at radius 2 is 1.74 bits per heavy atom. The standard InChI is InChI=1S/C25H33N3O5S/c1-19-8-9-20(2)23(18-19)34(31,32)27-14-13-26-25(30)21-10-15-28(16-11-21)24(29)12-17-33-22-6-4-3-5-7-22/h3-9,18,21,27H,10-17H2,1-2H3,(H,26,30). The highest BCUT2D eigenvalue weighted by atomic mass is 32.2. The van der Waals surface area contributed by atoms with E-state index in [2.05, 4.69) is 10.0 Å². The van der Waals surface area contributed by atoms with Gasteiger partial charge in [0, 0.05) is 32.1 Å². The minimum Gasteiger partial charge on any atom is -0.493 e. The molecule has 8 nitrogen and oxygen atoms in total. The van der Waals surface area contributed by atoms with Crippen molar-refractivity contribution in [3.63, 3.8) is 0 Å². The molecule has 0 spiro atoms. The molecule has 34 heavy (non-hydrogen) atoms. The quantitative estimate of drug-likeness (QED) is 0.501. The summed E-state index contributed by atoms with van der Waals surface area (Å²) >= 11 is 0. The van der Waals surface area contributed by atoms with Crippen LogP contribution in [-0.2, 0) is 19.6 Å². The molecule has 0 saturated carbocycles. The lowest BCUT2D eigenvalue weighted by molar-refractivity contribution is -0.136. The smallest absolute Gasteiger partial charge is 0.240 e. The third kappa shape index (κ3) is 7.30. The second-order valence-electron chi connectivity index (χ2n) is 8.52. The number of nitrogens with one attached hydrogen (secondary N) is 2. The monoisotopic (exact) mass is 487 g/mol. The van der Waals surface area contributed by atoms with E-state index in [9.17, 15) is 18.0 Å². The number of aryl methyl sites for hydroxylation is 2. The third-order valence-corrected chi connectivity index (χ3v) is 7.50. The Hall–Kier alpha value is -2.91. The van der Waals surface area contributed by atoms with Crippen molar-refractivity contribution in [1.82, 2.24) is 14.9 Å². The fraction of sp³-hybridized carbons (Fsp3) is 0.440. The molecule has 1 aliphatic rings. The predicted molar refractivity (Wildman–Crippen MR) is 130 cm³/mol. The van der Waals surface area contributed by atoms with E-state index in [0.29, 0.717) is 44.5 Å². The lowest BCUT2D eigenvalue weighted by Crippen LogP contribution is -2.44. The van der Waals surface area contributed by atoms with Gasteiger partial charge in [0.2, 0.25) is 21.8 Å². The van der Waals surface area contributed by atoms with Crippen LogP contribution in [-0.4, -0.2) is 57.9 Å². The lowest BCUT2D eigenvalue weighted by Gasteiger charge is -2.31. The summed E-state index contributed by atoms with van der Waals surface area (Å²) in [5.74, 6) is 0.475. The van der Waals surface area contributed by atoms with E-state index in [1.165, 1.54) is 0 Å². The number of para-hydroxylation sites is 1. The van der Waals surface area contributed by atoms with Crippen LogP contribution in [0.3, 0.4) is 0 Å². The average Bonchev–Trinajstić information content (AvgIpc) is 2.84. The van der Waals surface area contributed by atoms with E-state index in [-0.39, 0.29) is 35.7 Å². The van der Waals surface area contributed by atoms with Crippen LogP contribution in [0.25, 0.3) is 0 Å². The van der Waals surface area contributed by atoms with Crippen molar-refractivity contribution >= 4 is 21.8 Å². The van der Waals surface area contributed by atoms with Crippen LogP contribution in [0.2, 0.25) is 0 Å². The molecule has 2 amide bonds. The van der Waals surface area contributed by atoms with Crippen LogP contribution in [0, 0.1) is 19.8 Å². The summed E-state index contributed by atoms with van der Waals surface area (Å²) in [5.41, 5.74) is 1.54. The topological polar surface area (TPSA) is 105 Å². The van der Waals surface area contributed by atoms with E-state index in [0.717, 1.165) is 11.3 Å². The zero-order valence-electron chi connectivity index (χ0n) is 19.7. The zero-order valence-corrected chi connectivity index (χ0v) is 20.6. The maximum Gasteiger partial charge on any atom is 0.240 e. The number of benzene rings is 2. The van der Waals surface area contributed by atoms with Gasteiger partial charge in [-0.3, -0.25) is 9.59 Å². The third-order valence-electron chi connectivity index (χ3n) is 5.90. The Morgan fingerprint density at radius 1 is 1.03 bits per heavy atom. The Labute approximate surface area is 201 Å². The summed E-state index contributed by atoms with van der Waals surface area (Å²) < 4.78 is 33.2. The van der Waals surface area contributed by atoms with Crippen molar-refractivity contribution in [2.45, 2.75) is 38.0 Å². The van der Waals surface area contributed by atoms with Crippen molar-refractivity contribution in [3.05, 3.63) is 59.7 Å². The number of rotatable bonds is 10.